The molecule has 0 aliphatic rings. The first-order valence-corrected chi connectivity index (χ1v) is 5.53. The van der Waals surface area contributed by atoms with Crippen LogP contribution in [0.2, 0.25) is 5.02 Å². The van der Waals surface area contributed by atoms with Crippen LogP contribution in [-0.4, -0.2) is 6.54 Å². The van der Waals surface area contributed by atoms with E-state index in [9.17, 15) is 0 Å². The number of benzene rings is 1. The largest absolute Gasteiger partial charge is 0.260 e. The monoisotopic (exact) mass is 215 g/mol. The van der Waals surface area contributed by atoms with Gasteiger partial charge in [0.25, 0.3) is 0 Å². The van der Waals surface area contributed by atoms with Crippen molar-refractivity contribution in [3.63, 3.8) is 0 Å². The van der Waals surface area contributed by atoms with Gasteiger partial charge in [-0.05, 0) is 42.1 Å². The standard InChI is InChI=1S/C10H14ClNS/c1-8(2)7-12-13-10-5-3-9(11)4-6-10/h3-6,8,12H,7H2,1-2H3. The van der Waals surface area contributed by atoms with Gasteiger partial charge in [0.2, 0.25) is 0 Å². The average Bonchev–Trinajstić information content (AvgIpc) is 2.08. The van der Waals surface area contributed by atoms with Crippen LogP contribution in [0.5, 0.6) is 0 Å². The SMILES string of the molecule is CC(C)CNSc1ccc(Cl)cc1. The molecule has 1 aromatic rings. The molecule has 0 bridgehead atoms. The first kappa shape index (κ1) is 10.9. The summed E-state index contributed by atoms with van der Waals surface area (Å²) in [6.45, 7) is 5.40. The Morgan fingerprint density at radius 3 is 2.46 bits per heavy atom. The zero-order valence-electron chi connectivity index (χ0n) is 7.88. The number of nitrogens with one attached hydrogen (secondary N) is 1. The molecule has 1 nitrogen and oxygen atoms in total. The minimum atomic E-state index is 0.680. The molecule has 0 unspecified atom stereocenters. The van der Waals surface area contributed by atoms with E-state index in [1.54, 1.807) is 11.9 Å². The Morgan fingerprint density at radius 1 is 1.31 bits per heavy atom. The molecule has 1 aromatic carbocycles. The molecule has 3 heteroatoms. The highest BCUT2D eigenvalue weighted by molar-refractivity contribution is 7.97. The van der Waals surface area contributed by atoms with E-state index < -0.39 is 0 Å². The van der Waals surface area contributed by atoms with Crippen LogP contribution in [0, 0.1) is 5.92 Å². The molecule has 0 aromatic heterocycles. The highest BCUT2D eigenvalue weighted by Crippen LogP contribution is 2.17. The molecule has 0 aliphatic carbocycles. The van der Waals surface area contributed by atoms with Gasteiger partial charge in [-0.2, -0.15) is 0 Å². The normalized spacial score (nSPS) is 10.8. The van der Waals surface area contributed by atoms with Gasteiger partial charge in [0.1, 0.15) is 0 Å². The fourth-order valence-corrected chi connectivity index (χ4v) is 1.78. The lowest BCUT2D eigenvalue weighted by Crippen LogP contribution is -2.11. The molecular formula is C10H14ClNS. The highest BCUT2D eigenvalue weighted by atomic mass is 35.5. The molecular weight excluding hydrogens is 202 g/mol. The van der Waals surface area contributed by atoms with Gasteiger partial charge in [-0.1, -0.05) is 25.4 Å². The van der Waals surface area contributed by atoms with E-state index in [4.69, 9.17) is 11.6 Å². The third kappa shape index (κ3) is 4.55. The molecule has 0 radical (unpaired) electrons. The van der Waals surface area contributed by atoms with Crippen molar-refractivity contribution < 1.29 is 0 Å². The number of halogens is 1. The third-order valence-corrected chi connectivity index (χ3v) is 2.57. The van der Waals surface area contributed by atoms with Crippen LogP contribution in [0.4, 0.5) is 0 Å². The van der Waals surface area contributed by atoms with Gasteiger partial charge in [0.15, 0.2) is 0 Å². The molecule has 0 heterocycles. The minimum Gasteiger partial charge on any atom is -0.260 e. The molecule has 0 saturated carbocycles. The Hall–Kier alpha value is -0.180. The van der Waals surface area contributed by atoms with Crippen LogP contribution in [0.25, 0.3) is 0 Å². The maximum Gasteiger partial charge on any atom is 0.0406 e. The summed E-state index contributed by atoms with van der Waals surface area (Å²) in [5.74, 6) is 0.680. The van der Waals surface area contributed by atoms with E-state index >= 15 is 0 Å². The van der Waals surface area contributed by atoms with Crippen molar-refractivity contribution in [1.29, 1.82) is 0 Å². The molecule has 0 saturated heterocycles. The zero-order chi connectivity index (χ0) is 9.68. The van der Waals surface area contributed by atoms with E-state index in [0.29, 0.717) is 5.92 Å². The molecule has 0 atom stereocenters. The summed E-state index contributed by atoms with van der Waals surface area (Å²) in [7, 11) is 0. The third-order valence-electron chi connectivity index (χ3n) is 1.50. The summed E-state index contributed by atoms with van der Waals surface area (Å²) >= 11 is 7.42. The summed E-state index contributed by atoms with van der Waals surface area (Å²) in [5.41, 5.74) is 0. The summed E-state index contributed by atoms with van der Waals surface area (Å²) in [4.78, 5) is 1.20. The lowest BCUT2D eigenvalue weighted by molar-refractivity contribution is 0.640. The van der Waals surface area contributed by atoms with E-state index in [0.717, 1.165) is 11.6 Å². The van der Waals surface area contributed by atoms with Crippen molar-refractivity contribution in [2.24, 2.45) is 5.92 Å². The van der Waals surface area contributed by atoms with Crippen molar-refractivity contribution in [1.82, 2.24) is 4.72 Å². The summed E-state index contributed by atoms with van der Waals surface area (Å²) in [6, 6.07) is 7.84. The van der Waals surface area contributed by atoms with Gasteiger partial charge in [-0.15, -0.1) is 0 Å². The van der Waals surface area contributed by atoms with Gasteiger partial charge in [-0.25, -0.2) is 0 Å². The summed E-state index contributed by atoms with van der Waals surface area (Å²) < 4.78 is 3.29. The second kappa shape index (κ2) is 5.53. The second-order valence-electron chi connectivity index (χ2n) is 3.30. The lowest BCUT2D eigenvalue weighted by Gasteiger charge is -2.05. The highest BCUT2D eigenvalue weighted by Gasteiger charge is 1.95. The van der Waals surface area contributed by atoms with Gasteiger partial charge < -0.3 is 0 Å². The van der Waals surface area contributed by atoms with Gasteiger partial charge in [0.05, 0.1) is 0 Å². The Bertz CT molecular complexity index is 246. The van der Waals surface area contributed by atoms with Crippen LogP contribution in [-0.2, 0) is 0 Å². The fourth-order valence-electron chi connectivity index (χ4n) is 0.794. The second-order valence-corrected chi connectivity index (χ2v) is 4.70. The number of rotatable bonds is 4. The molecule has 0 spiro atoms. The van der Waals surface area contributed by atoms with E-state index in [2.05, 4.69) is 18.6 Å². The Kier molecular flexibility index (Phi) is 4.64. The number of hydrogen-bond acceptors (Lipinski definition) is 2. The molecule has 0 amide bonds. The predicted octanol–water partition coefficient (Wildman–Crippen LogP) is 3.59. The van der Waals surface area contributed by atoms with Gasteiger partial charge >= 0.3 is 0 Å². The molecule has 0 fully saturated rings. The quantitative estimate of drug-likeness (QED) is 0.771. The first-order valence-electron chi connectivity index (χ1n) is 4.34. The van der Waals surface area contributed by atoms with Crippen molar-refractivity contribution in [2.45, 2.75) is 18.7 Å². The lowest BCUT2D eigenvalue weighted by atomic mass is 10.2. The maximum absolute atomic E-state index is 5.77. The van der Waals surface area contributed by atoms with Crippen LogP contribution in [0.3, 0.4) is 0 Å². The average molecular weight is 216 g/mol. The van der Waals surface area contributed by atoms with Crippen molar-refractivity contribution >= 4 is 23.5 Å². The smallest absolute Gasteiger partial charge is 0.0406 e. The predicted molar refractivity (Wildman–Crippen MR) is 60.1 cm³/mol. The maximum atomic E-state index is 5.77. The Labute approximate surface area is 89.0 Å². The van der Waals surface area contributed by atoms with E-state index in [-0.39, 0.29) is 0 Å². The van der Waals surface area contributed by atoms with Crippen molar-refractivity contribution in [3.05, 3.63) is 29.3 Å². The Balaban J connectivity index is 2.33. The molecule has 1 N–H and O–H groups in total. The fraction of sp³-hybridized carbons (Fsp3) is 0.400. The molecule has 0 aliphatic heterocycles. The minimum absolute atomic E-state index is 0.680. The van der Waals surface area contributed by atoms with E-state index in [1.165, 1.54) is 4.90 Å². The van der Waals surface area contributed by atoms with Crippen LogP contribution in [0.15, 0.2) is 29.2 Å². The van der Waals surface area contributed by atoms with Crippen LogP contribution >= 0.6 is 23.5 Å². The number of hydrogen-bond donors (Lipinski definition) is 1. The molecule has 1 rings (SSSR count). The first-order chi connectivity index (χ1) is 6.18. The van der Waals surface area contributed by atoms with Crippen molar-refractivity contribution in [3.8, 4) is 0 Å². The topological polar surface area (TPSA) is 12.0 Å². The Morgan fingerprint density at radius 2 is 1.92 bits per heavy atom. The van der Waals surface area contributed by atoms with Gasteiger partial charge in [-0.3, -0.25) is 4.72 Å². The summed E-state index contributed by atoms with van der Waals surface area (Å²) in [6.07, 6.45) is 0. The molecule has 72 valence electrons. The van der Waals surface area contributed by atoms with E-state index in [1.807, 2.05) is 24.3 Å². The van der Waals surface area contributed by atoms with Crippen molar-refractivity contribution in [2.75, 3.05) is 6.54 Å². The van der Waals surface area contributed by atoms with Crippen LogP contribution in [0.1, 0.15) is 13.8 Å². The zero-order valence-corrected chi connectivity index (χ0v) is 9.45. The summed E-state index contributed by atoms with van der Waals surface area (Å²) in [5, 5.41) is 0.785. The van der Waals surface area contributed by atoms with Crippen LogP contribution < -0.4 is 4.72 Å². The molecule has 13 heavy (non-hydrogen) atoms. The van der Waals surface area contributed by atoms with Gasteiger partial charge in [0, 0.05) is 16.5 Å².